The minimum Gasteiger partial charge on any atom is -0.376 e. The van der Waals surface area contributed by atoms with Crippen molar-refractivity contribution >= 4 is 28.9 Å². The lowest BCUT2D eigenvalue weighted by molar-refractivity contribution is -0.137. The first-order chi connectivity index (χ1) is 14.3. The quantitative estimate of drug-likeness (QED) is 0.638. The first-order valence-corrected chi connectivity index (χ1v) is 9.28. The van der Waals surface area contributed by atoms with Crippen LogP contribution >= 0.6 is 0 Å². The Morgan fingerprint density at radius 2 is 2.03 bits per heavy atom. The van der Waals surface area contributed by atoms with Gasteiger partial charge in [0, 0.05) is 29.6 Å². The number of rotatable bonds is 2. The summed E-state index contributed by atoms with van der Waals surface area (Å²) in [4.78, 5) is 24.1. The highest BCUT2D eigenvalue weighted by molar-refractivity contribution is 6.05. The second-order valence-electron chi connectivity index (χ2n) is 6.97. The molecule has 0 aliphatic carbocycles. The highest BCUT2D eigenvalue weighted by Crippen LogP contribution is 2.34. The minimum atomic E-state index is -4.45. The third kappa shape index (κ3) is 4.16. The average molecular weight is 417 g/mol. The molecule has 0 saturated carbocycles. The summed E-state index contributed by atoms with van der Waals surface area (Å²) in [7, 11) is 0. The molecular formula is C21H18F3N3O3. The van der Waals surface area contributed by atoms with Gasteiger partial charge in [0.25, 0.3) is 0 Å². The summed E-state index contributed by atoms with van der Waals surface area (Å²) in [5.41, 5.74) is 2.70. The van der Waals surface area contributed by atoms with Crippen LogP contribution in [-0.4, -0.2) is 18.5 Å². The number of carbonyl (C=O) groups excluding carboxylic acids is 2. The highest BCUT2D eigenvalue weighted by atomic mass is 19.4. The fraction of sp³-hybridized carbons (Fsp3) is 0.238. The van der Waals surface area contributed by atoms with Crippen LogP contribution in [0.15, 0.2) is 42.5 Å². The van der Waals surface area contributed by atoms with Crippen LogP contribution in [0.5, 0.6) is 0 Å². The molecule has 6 nitrogen and oxygen atoms in total. The van der Waals surface area contributed by atoms with Gasteiger partial charge in [-0.2, -0.15) is 13.2 Å². The standard InChI is InChI=1S/C21H18F3N3O3/c22-21(23,24)14-4-5-15-12(6-7-30-11-13(15)8-14)9-19(28)26-17-2-1-3-18-16(17)10-25-20(29)27-18/h1-5,8-9H,6-7,10-11H2,(H,26,28)(H2,25,27,29). The molecule has 0 saturated heterocycles. The molecule has 0 aromatic heterocycles. The molecule has 4 rings (SSSR count). The molecule has 0 spiro atoms. The van der Waals surface area contributed by atoms with Gasteiger partial charge >= 0.3 is 12.2 Å². The molecule has 0 unspecified atom stereocenters. The molecule has 3 amide bonds. The largest absolute Gasteiger partial charge is 0.416 e. The minimum absolute atomic E-state index is 0.0514. The number of anilines is 2. The average Bonchev–Trinajstić information content (AvgIpc) is 2.89. The summed E-state index contributed by atoms with van der Waals surface area (Å²) in [6.45, 7) is 0.618. The van der Waals surface area contributed by atoms with E-state index in [-0.39, 0.29) is 19.2 Å². The maximum Gasteiger partial charge on any atom is 0.416 e. The zero-order valence-electron chi connectivity index (χ0n) is 15.7. The normalized spacial score (nSPS) is 17.3. The number of fused-ring (bicyclic) bond motifs is 2. The Morgan fingerprint density at radius 3 is 2.83 bits per heavy atom. The predicted molar refractivity (Wildman–Crippen MR) is 105 cm³/mol. The van der Waals surface area contributed by atoms with Gasteiger partial charge < -0.3 is 20.7 Å². The highest BCUT2D eigenvalue weighted by Gasteiger charge is 2.31. The van der Waals surface area contributed by atoms with Crippen LogP contribution in [0, 0.1) is 0 Å². The summed E-state index contributed by atoms with van der Waals surface area (Å²) >= 11 is 0. The summed E-state index contributed by atoms with van der Waals surface area (Å²) < 4.78 is 44.5. The number of halogens is 3. The molecule has 156 valence electrons. The predicted octanol–water partition coefficient (Wildman–Crippen LogP) is 4.28. The van der Waals surface area contributed by atoms with Crippen molar-refractivity contribution < 1.29 is 27.5 Å². The van der Waals surface area contributed by atoms with E-state index in [1.54, 1.807) is 18.2 Å². The SMILES string of the molecule is O=C(C=C1CCOCc2cc(C(F)(F)F)ccc21)Nc1cccc2c1CNC(=O)N2. The Bertz CT molecular complexity index is 1050. The van der Waals surface area contributed by atoms with Crippen molar-refractivity contribution in [2.24, 2.45) is 0 Å². The van der Waals surface area contributed by atoms with Gasteiger partial charge in [-0.25, -0.2) is 4.79 Å². The molecule has 2 aliphatic heterocycles. The molecule has 30 heavy (non-hydrogen) atoms. The van der Waals surface area contributed by atoms with Crippen LogP contribution in [-0.2, 0) is 28.9 Å². The van der Waals surface area contributed by atoms with E-state index in [2.05, 4.69) is 16.0 Å². The fourth-order valence-electron chi connectivity index (χ4n) is 3.53. The maximum atomic E-state index is 13.0. The van der Waals surface area contributed by atoms with E-state index in [1.165, 1.54) is 12.1 Å². The first-order valence-electron chi connectivity index (χ1n) is 9.28. The third-order valence-corrected chi connectivity index (χ3v) is 4.96. The Labute approximate surface area is 170 Å². The zero-order valence-corrected chi connectivity index (χ0v) is 15.7. The number of hydrogen-bond donors (Lipinski definition) is 3. The van der Waals surface area contributed by atoms with Gasteiger partial charge in [0.05, 0.1) is 18.8 Å². The second-order valence-corrected chi connectivity index (χ2v) is 6.97. The van der Waals surface area contributed by atoms with Gasteiger partial charge in [-0.3, -0.25) is 4.79 Å². The lowest BCUT2D eigenvalue weighted by atomic mass is 9.96. The molecule has 0 radical (unpaired) electrons. The van der Waals surface area contributed by atoms with E-state index in [9.17, 15) is 22.8 Å². The van der Waals surface area contributed by atoms with E-state index in [0.717, 1.165) is 17.7 Å². The monoisotopic (exact) mass is 417 g/mol. The number of amides is 3. The molecule has 9 heteroatoms. The Hall–Kier alpha value is -3.33. The number of nitrogens with one attached hydrogen (secondary N) is 3. The summed E-state index contributed by atoms with van der Waals surface area (Å²) in [5.74, 6) is -0.414. The molecule has 2 aliphatic rings. The van der Waals surface area contributed by atoms with Crippen molar-refractivity contribution in [3.63, 3.8) is 0 Å². The molecule has 0 bridgehead atoms. The van der Waals surface area contributed by atoms with Crippen LogP contribution in [0.25, 0.3) is 5.57 Å². The van der Waals surface area contributed by atoms with E-state index < -0.39 is 17.6 Å². The van der Waals surface area contributed by atoms with Gasteiger partial charge in [0.2, 0.25) is 5.91 Å². The molecule has 3 N–H and O–H groups in total. The summed E-state index contributed by atoms with van der Waals surface area (Å²) in [5, 5.41) is 8.11. The molecule has 2 heterocycles. The van der Waals surface area contributed by atoms with Gasteiger partial charge in [0.15, 0.2) is 0 Å². The number of benzene rings is 2. The van der Waals surface area contributed by atoms with E-state index in [1.807, 2.05) is 0 Å². The van der Waals surface area contributed by atoms with Crippen molar-refractivity contribution in [2.45, 2.75) is 25.7 Å². The van der Waals surface area contributed by atoms with Gasteiger partial charge in [-0.05, 0) is 47.4 Å². The molecule has 2 aromatic carbocycles. The number of alkyl halides is 3. The van der Waals surface area contributed by atoms with E-state index in [4.69, 9.17) is 4.74 Å². The van der Waals surface area contributed by atoms with E-state index >= 15 is 0 Å². The molecule has 0 atom stereocenters. The van der Waals surface area contributed by atoms with Crippen molar-refractivity contribution in [1.82, 2.24) is 5.32 Å². The van der Waals surface area contributed by atoms with Gasteiger partial charge in [0.1, 0.15) is 0 Å². The van der Waals surface area contributed by atoms with Crippen LogP contribution in [0.1, 0.15) is 28.7 Å². The van der Waals surface area contributed by atoms with Crippen LogP contribution in [0.2, 0.25) is 0 Å². The second kappa shape index (κ2) is 7.83. The number of ether oxygens (including phenoxy) is 1. The van der Waals surface area contributed by atoms with E-state index in [0.29, 0.717) is 41.1 Å². The molecule has 2 aromatic rings. The molecule has 0 fully saturated rings. The third-order valence-electron chi connectivity index (χ3n) is 4.96. The smallest absolute Gasteiger partial charge is 0.376 e. The zero-order chi connectivity index (χ0) is 21.3. The molecular weight excluding hydrogens is 399 g/mol. The Balaban J connectivity index is 1.61. The summed E-state index contributed by atoms with van der Waals surface area (Å²) in [6, 6.07) is 8.30. The topological polar surface area (TPSA) is 79.5 Å². The first kappa shape index (κ1) is 20.0. The number of carbonyl (C=O) groups is 2. The lowest BCUT2D eigenvalue weighted by Gasteiger charge is -2.21. The van der Waals surface area contributed by atoms with Gasteiger partial charge in [-0.15, -0.1) is 0 Å². The number of hydrogen-bond acceptors (Lipinski definition) is 3. The van der Waals surface area contributed by atoms with Crippen molar-refractivity contribution in [2.75, 3.05) is 17.2 Å². The summed E-state index contributed by atoms with van der Waals surface area (Å²) in [6.07, 6.45) is -2.66. The van der Waals surface area contributed by atoms with Crippen molar-refractivity contribution in [3.05, 3.63) is 64.7 Å². The fourth-order valence-corrected chi connectivity index (χ4v) is 3.53. The van der Waals surface area contributed by atoms with Crippen LogP contribution in [0.4, 0.5) is 29.3 Å². The van der Waals surface area contributed by atoms with Gasteiger partial charge in [-0.1, -0.05) is 12.1 Å². The van der Waals surface area contributed by atoms with Crippen molar-refractivity contribution in [3.8, 4) is 0 Å². The van der Waals surface area contributed by atoms with Crippen LogP contribution < -0.4 is 16.0 Å². The lowest BCUT2D eigenvalue weighted by Crippen LogP contribution is -2.34. The van der Waals surface area contributed by atoms with Crippen LogP contribution in [0.3, 0.4) is 0 Å². The van der Waals surface area contributed by atoms with Crippen molar-refractivity contribution in [1.29, 1.82) is 0 Å². The Kier molecular flexibility index (Phi) is 5.21. The number of urea groups is 1. The maximum absolute atomic E-state index is 13.0. The Morgan fingerprint density at radius 1 is 1.20 bits per heavy atom.